The Balaban J connectivity index is 1.72. The Labute approximate surface area is 251 Å². The average Bonchev–Trinajstić information content (AvgIpc) is 3.21. The van der Waals surface area contributed by atoms with Gasteiger partial charge in [0, 0.05) is 43.0 Å². The van der Waals surface area contributed by atoms with Crippen molar-refractivity contribution in [3.8, 4) is 22.6 Å². The Hall–Kier alpha value is -4.53. The molecule has 1 atom stereocenters. The first-order valence-electron chi connectivity index (χ1n) is 15.1. The maximum atomic E-state index is 14.4. The van der Waals surface area contributed by atoms with Gasteiger partial charge in [0.05, 0.1) is 23.7 Å². The number of hydrogen-bond acceptors (Lipinski definition) is 7. The molecule has 4 heterocycles. The van der Waals surface area contributed by atoms with Gasteiger partial charge in [-0.1, -0.05) is 38.6 Å². The minimum absolute atomic E-state index is 0.0657. The van der Waals surface area contributed by atoms with E-state index in [-0.39, 0.29) is 11.9 Å². The second kappa shape index (κ2) is 11.3. The minimum atomic E-state index is -0.401. The molecule has 1 amide bonds. The van der Waals surface area contributed by atoms with E-state index in [1.54, 1.807) is 15.8 Å². The number of aryl methyl sites for hydroxylation is 4. The van der Waals surface area contributed by atoms with Crippen molar-refractivity contribution in [3.63, 3.8) is 0 Å². The lowest BCUT2D eigenvalue weighted by Crippen LogP contribution is -2.54. The zero-order chi connectivity index (χ0) is 30.4. The second-order valence-corrected chi connectivity index (χ2v) is 11.4. The van der Waals surface area contributed by atoms with Crippen LogP contribution in [-0.2, 0) is 24.1 Å². The molecule has 0 radical (unpaired) electrons. The van der Waals surface area contributed by atoms with Crippen LogP contribution in [0.25, 0.3) is 27.7 Å². The van der Waals surface area contributed by atoms with Crippen LogP contribution in [0.1, 0.15) is 48.8 Å². The topological polar surface area (TPSA) is 93.5 Å². The molecule has 1 fully saturated rings. The van der Waals surface area contributed by atoms with Crippen LogP contribution in [0.4, 0.5) is 5.82 Å². The van der Waals surface area contributed by atoms with E-state index in [0.29, 0.717) is 61.9 Å². The highest BCUT2D eigenvalue weighted by atomic mass is 16.5. The molecule has 4 aromatic rings. The summed E-state index contributed by atoms with van der Waals surface area (Å²) in [6.45, 7) is 16.1. The van der Waals surface area contributed by atoms with E-state index < -0.39 is 5.69 Å². The Morgan fingerprint density at radius 2 is 1.84 bits per heavy atom. The van der Waals surface area contributed by atoms with Crippen molar-refractivity contribution in [2.45, 2.75) is 59.9 Å². The summed E-state index contributed by atoms with van der Waals surface area (Å²) in [4.78, 5) is 44.6. The first-order chi connectivity index (χ1) is 20.8. The van der Waals surface area contributed by atoms with Crippen LogP contribution in [0.3, 0.4) is 0 Å². The lowest BCUT2D eigenvalue weighted by Gasteiger charge is -2.40. The van der Waals surface area contributed by atoms with Crippen molar-refractivity contribution in [1.29, 1.82) is 0 Å². The number of rotatable bonds is 5. The summed E-state index contributed by atoms with van der Waals surface area (Å²) in [6.07, 6.45) is 4.95. The molecule has 2 aromatic heterocycles. The van der Waals surface area contributed by atoms with Gasteiger partial charge in [0.2, 0.25) is 5.91 Å². The summed E-state index contributed by atoms with van der Waals surface area (Å²) in [7, 11) is 0. The highest BCUT2D eigenvalue weighted by Gasteiger charge is 2.32. The van der Waals surface area contributed by atoms with E-state index >= 15 is 0 Å². The standard InChI is InChI=1S/C34H38N6O3/c1-7-25-31(26(8-2)36-19-35-25)40-30-24(33(37-34(40)42)39-15-14-38(18-22(39)6)27(41)9-3)17-21(5)29-28-20(4)11-10-12-23(28)13-16-43-32(29)30/h9-12,17,19,22H,3,7-8,13-16,18H2,1-2,4-6H3/t22-/m0/s1. The molecule has 2 aliphatic heterocycles. The average molecular weight is 579 g/mol. The number of nitrogens with zero attached hydrogens (tertiary/aromatic N) is 6. The highest BCUT2D eigenvalue weighted by molar-refractivity contribution is 6.02. The molecule has 2 aliphatic rings. The monoisotopic (exact) mass is 578 g/mol. The fourth-order valence-corrected chi connectivity index (χ4v) is 6.74. The van der Waals surface area contributed by atoms with Crippen LogP contribution in [0, 0.1) is 13.8 Å². The molecule has 43 heavy (non-hydrogen) atoms. The second-order valence-electron chi connectivity index (χ2n) is 11.4. The SMILES string of the molecule is C=CC(=O)N1CCN(c2nc(=O)n(-c3c(CC)ncnc3CC)c3c4c(c(C)cc23)-c2c(C)cccc2CCO4)[C@@H](C)C1. The van der Waals surface area contributed by atoms with Gasteiger partial charge in [-0.15, -0.1) is 0 Å². The van der Waals surface area contributed by atoms with E-state index in [1.807, 2.05) is 13.8 Å². The van der Waals surface area contributed by atoms with Crippen molar-refractivity contribution in [2.75, 3.05) is 31.1 Å². The molecular formula is C34H38N6O3. The maximum absolute atomic E-state index is 14.4. The number of amides is 1. The molecule has 0 bridgehead atoms. The smallest absolute Gasteiger partial charge is 0.354 e. The van der Waals surface area contributed by atoms with Gasteiger partial charge in [0.25, 0.3) is 0 Å². The van der Waals surface area contributed by atoms with Gasteiger partial charge < -0.3 is 14.5 Å². The van der Waals surface area contributed by atoms with Crippen molar-refractivity contribution in [3.05, 3.63) is 81.8 Å². The molecule has 9 nitrogen and oxygen atoms in total. The molecule has 222 valence electrons. The van der Waals surface area contributed by atoms with Crippen LogP contribution < -0.4 is 15.3 Å². The molecular weight excluding hydrogens is 540 g/mol. The maximum Gasteiger partial charge on any atom is 0.354 e. The number of benzene rings is 2. The van der Waals surface area contributed by atoms with Crippen molar-refractivity contribution in [2.24, 2.45) is 0 Å². The normalized spacial score (nSPS) is 16.3. The van der Waals surface area contributed by atoms with Gasteiger partial charge in [-0.2, -0.15) is 4.98 Å². The summed E-state index contributed by atoms with van der Waals surface area (Å²) in [5, 5.41) is 0.830. The Morgan fingerprint density at radius 3 is 2.51 bits per heavy atom. The zero-order valence-corrected chi connectivity index (χ0v) is 25.6. The van der Waals surface area contributed by atoms with Crippen LogP contribution >= 0.6 is 0 Å². The number of piperazine rings is 1. The van der Waals surface area contributed by atoms with Gasteiger partial charge in [-0.25, -0.2) is 14.8 Å². The zero-order valence-electron chi connectivity index (χ0n) is 25.6. The lowest BCUT2D eigenvalue weighted by molar-refractivity contribution is -0.126. The van der Waals surface area contributed by atoms with Gasteiger partial charge >= 0.3 is 5.69 Å². The molecule has 0 spiro atoms. The van der Waals surface area contributed by atoms with Crippen molar-refractivity contribution in [1.82, 2.24) is 24.4 Å². The number of ether oxygens (including phenoxy) is 1. The van der Waals surface area contributed by atoms with Crippen LogP contribution in [0.15, 0.2) is 48.0 Å². The summed E-state index contributed by atoms with van der Waals surface area (Å²) >= 11 is 0. The Bertz CT molecular complexity index is 1810. The number of hydrogen-bond donors (Lipinski definition) is 0. The number of aromatic nitrogens is 4. The van der Waals surface area contributed by atoms with Crippen molar-refractivity contribution >= 4 is 22.6 Å². The van der Waals surface area contributed by atoms with Crippen molar-refractivity contribution < 1.29 is 9.53 Å². The third kappa shape index (κ3) is 4.67. The fraction of sp³-hybridized carbons (Fsp3) is 0.382. The Morgan fingerprint density at radius 1 is 1.09 bits per heavy atom. The van der Waals surface area contributed by atoms with E-state index in [0.717, 1.165) is 45.4 Å². The summed E-state index contributed by atoms with van der Waals surface area (Å²) < 4.78 is 8.36. The number of carbonyl (C=O) groups is 1. The summed E-state index contributed by atoms with van der Waals surface area (Å²) in [5.74, 6) is 1.20. The largest absolute Gasteiger partial charge is 0.490 e. The van der Waals surface area contributed by atoms with E-state index in [4.69, 9.17) is 9.72 Å². The molecule has 0 N–H and O–H groups in total. The van der Waals surface area contributed by atoms with Crippen LogP contribution in [0.2, 0.25) is 0 Å². The fourth-order valence-electron chi connectivity index (χ4n) is 6.74. The highest BCUT2D eigenvalue weighted by Crippen LogP contribution is 2.46. The first kappa shape index (κ1) is 28.6. The summed E-state index contributed by atoms with van der Waals surface area (Å²) in [5.41, 5.74) is 8.15. The number of carbonyl (C=O) groups excluding carboxylic acids is 1. The first-order valence-corrected chi connectivity index (χ1v) is 15.1. The van der Waals surface area contributed by atoms with E-state index in [1.165, 1.54) is 11.6 Å². The molecule has 0 saturated carbocycles. The number of anilines is 1. The van der Waals surface area contributed by atoms with Gasteiger partial charge in [0.15, 0.2) is 5.75 Å². The summed E-state index contributed by atoms with van der Waals surface area (Å²) in [6, 6.07) is 8.46. The minimum Gasteiger partial charge on any atom is -0.490 e. The number of fused-ring (bicyclic) bond motifs is 5. The van der Waals surface area contributed by atoms with Crippen LogP contribution in [-0.4, -0.2) is 62.6 Å². The van der Waals surface area contributed by atoms with Gasteiger partial charge in [0.1, 0.15) is 17.7 Å². The molecule has 2 aromatic carbocycles. The predicted molar refractivity (Wildman–Crippen MR) is 169 cm³/mol. The van der Waals surface area contributed by atoms with Gasteiger partial charge in [-0.3, -0.25) is 9.36 Å². The molecule has 6 rings (SSSR count). The molecule has 0 aliphatic carbocycles. The molecule has 1 saturated heterocycles. The third-order valence-electron chi connectivity index (χ3n) is 8.79. The molecule has 0 unspecified atom stereocenters. The third-order valence-corrected chi connectivity index (χ3v) is 8.79. The predicted octanol–water partition coefficient (Wildman–Crippen LogP) is 4.74. The molecule has 9 heteroatoms. The van der Waals surface area contributed by atoms with Gasteiger partial charge in [-0.05, 0) is 68.0 Å². The van der Waals surface area contributed by atoms with Crippen LogP contribution in [0.5, 0.6) is 5.75 Å². The van der Waals surface area contributed by atoms with E-state index in [2.05, 4.69) is 66.5 Å². The quantitative estimate of drug-likeness (QED) is 0.316. The van der Waals surface area contributed by atoms with E-state index in [9.17, 15) is 9.59 Å². The lowest BCUT2D eigenvalue weighted by atomic mass is 9.89. The Kier molecular flexibility index (Phi) is 7.50.